The highest BCUT2D eigenvalue weighted by atomic mass is 32.1. The Kier molecular flexibility index (Phi) is 2.34. The zero-order valence-electron chi connectivity index (χ0n) is 9.36. The standard InChI is InChI=1S/C14H15NS/c1-9-12(6-7-16-9)10-2-4-13-11(8-10)3-5-14(13)15/h2,4,6-8,14H,3,5,15H2,1H3. The molecule has 1 aliphatic rings. The maximum absolute atomic E-state index is 6.05. The van der Waals surface area contributed by atoms with Gasteiger partial charge in [-0.15, -0.1) is 11.3 Å². The average molecular weight is 229 g/mol. The van der Waals surface area contributed by atoms with Gasteiger partial charge in [-0.2, -0.15) is 0 Å². The summed E-state index contributed by atoms with van der Waals surface area (Å²) in [6, 6.07) is 9.19. The molecule has 0 amide bonds. The van der Waals surface area contributed by atoms with Gasteiger partial charge in [0.05, 0.1) is 0 Å². The molecular formula is C14H15NS. The van der Waals surface area contributed by atoms with Crippen LogP contribution in [0.1, 0.15) is 28.5 Å². The van der Waals surface area contributed by atoms with Crippen LogP contribution < -0.4 is 5.73 Å². The molecule has 1 aliphatic carbocycles. The summed E-state index contributed by atoms with van der Waals surface area (Å²) in [6.07, 6.45) is 2.23. The van der Waals surface area contributed by atoms with Crippen molar-refractivity contribution in [2.24, 2.45) is 5.73 Å². The third kappa shape index (κ3) is 1.49. The van der Waals surface area contributed by atoms with E-state index in [-0.39, 0.29) is 6.04 Å². The largest absolute Gasteiger partial charge is 0.324 e. The van der Waals surface area contributed by atoms with E-state index in [2.05, 4.69) is 36.6 Å². The topological polar surface area (TPSA) is 26.0 Å². The highest BCUT2D eigenvalue weighted by Crippen LogP contribution is 2.34. The van der Waals surface area contributed by atoms with Gasteiger partial charge in [0, 0.05) is 10.9 Å². The number of thiophene rings is 1. The molecule has 0 fully saturated rings. The summed E-state index contributed by atoms with van der Waals surface area (Å²) in [4.78, 5) is 1.39. The van der Waals surface area contributed by atoms with E-state index in [1.54, 1.807) is 0 Å². The molecule has 1 atom stereocenters. The lowest BCUT2D eigenvalue weighted by Gasteiger charge is -2.07. The van der Waals surface area contributed by atoms with E-state index in [0.717, 1.165) is 12.8 Å². The van der Waals surface area contributed by atoms with Crippen molar-refractivity contribution in [3.8, 4) is 11.1 Å². The lowest BCUT2D eigenvalue weighted by atomic mass is 10.0. The van der Waals surface area contributed by atoms with Gasteiger partial charge in [-0.3, -0.25) is 0 Å². The Labute approximate surface area is 99.9 Å². The summed E-state index contributed by atoms with van der Waals surface area (Å²) < 4.78 is 0. The zero-order chi connectivity index (χ0) is 11.1. The summed E-state index contributed by atoms with van der Waals surface area (Å²) in [5, 5.41) is 2.16. The number of hydrogen-bond acceptors (Lipinski definition) is 2. The molecule has 1 nitrogen and oxygen atoms in total. The van der Waals surface area contributed by atoms with E-state index < -0.39 is 0 Å². The van der Waals surface area contributed by atoms with Crippen LogP contribution in [0, 0.1) is 6.92 Å². The molecule has 2 aromatic rings. The van der Waals surface area contributed by atoms with Crippen LogP contribution in [0.2, 0.25) is 0 Å². The summed E-state index contributed by atoms with van der Waals surface area (Å²) in [7, 11) is 0. The maximum atomic E-state index is 6.05. The number of hydrogen-bond donors (Lipinski definition) is 1. The minimum atomic E-state index is 0.257. The molecule has 3 rings (SSSR count). The fraction of sp³-hybridized carbons (Fsp3) is 0.286. The van der Waals surface area contributed by atoms with E-state index >= 15 is 0 Å². The van der Waals surface area contributed by atoms with Gasteiger partial charge in [0.15, 0.2) is 0 Å². The zero-order valence-corrected chi connectivity index (χ0v) is 10.2. The van der Waals surface area contributed by atoms with Gasteiger partial charge in [0.25, 0.3) is 0 Å². The van der Waals surface area contributed by atoms with Gasteiger partial charge in [0.2, 0.25) is 0 Å². The number of aryl methyl sites for hydroxylation is 2. The molecule has 1 heterocycles. The molecule has 16 heavy (non-hydrogen) atoms. The lowest BCUT2D eigenvalue weighted by molar-refractivity contribution is 0.713. The van der Waals surface area contributed by atoms with Gasteiger partial charge < -0.3 is 5.73 Å². The minimum Gasteiger partial charge on any atom is -0.324 e. The Balaban J connectivity index is 2.09. The van der Waals surface area contributed by atoms with Crippen LogP contribution in [0.25, 0.3) is 11.1 Å². The predicted octanol–water partition coefficient (Wildman–Crippen LogP) is 3.67. The summed E-state index contributed by atoms with van der Waals surface area (Å²) in [6.45, 7) is 2.18. The monoisotopic (exact) mass is 229 g/mol. The first kappa shape index (κ1) is 10.1. The molecule has 0 saturated carbocycles. The first-order valence-electron chi connectivity index (χ1n) is 5.68. The van der Waals surface area contributed by atoms with Crippen LogP contribution in [0.3, 0.4) is 0 Å². The van der Waals surface area contributed by atoms with Crippen LogP contribution in [0.15, 0.2) is 29.6 Å². The van der Waals surface area contributed by atoms with E-state index in [4.69, 9.17) is 5.73 Å². The third-order valence-corrected chi connectivity index (χ3v) is 4.28. The Bertz CT molecular complexity index is 527. The highest BCUT2D eigenvalue weighted by molar-refractivity contribution is 7.10. The van der Waals surface area contributed by atoms with Crippen molar-refractivity contribution in [3.05, 3.63) is 45.6 Å². The molecule has 1 unspecified atom stereocenters. The van der Waals surface area contributed by atoms with Crippen LogP contribution >= 0.6 is 11.3 Å². The first-order valence-corrected chi connectivity index (χ1v) is 6.56. The Morgan fingerprint density at radius 2 is 2.19 bits per heavy atom. The van der Waals surface area contributed by atoms with Crippen LogP contribution in [0.4, 0.5) is 0 Å². The Morgan fingerprint density at radius 1 is 1.31 bits per heavy atom. The fourth-order valence-corrected chi connectivity index (χ4v) is 3.22. The van der Waals surface area contributed by atoms with Crippen molar-refractivity contribution in [1.82, 2.24) is 0 Å². The predicted molar refractivity (Wildman–Crippen MR) is 69.7 cm³/mol. The van der Waals surface area contributed by atoms with Crippen LogP contribution in [-0.4, -0.2) is 0 Å². The highest BCUT2D eigenvalue weighted by Gasteiger charge is 2.19. The van der Waals surface area contributed by atoms with Crippen molar-refractivity contribution in [3.63, 3.8) is 0 Å². The molecule has 1 aromatic carbocycles. The average Bonchev–Trinajstić information content (AvgIpc) is 2.86. The van der Waals surface area contributed by atoms with E-state index in [0.29, 0.717) is 0 Å². The van der Waals surface area contributed by atoms with Crippen molar-refractivity contribution < 1.29 is 0 Å². The minimum absolute atomic E-state index is 0.257. The SMILES string of the molecule is Cc1sccc1-c1ccc2c(c1)CCC2N. The molecule has 82 valence electrons. The Morgan fingerprint density at radius 3 is 2.94 bits per heavy atom. The third-order valence-electron chi connectivity index (χ3n) is 3.44. The second kappa shape index (κ2) is 3.72. The number of nitrogens with two attached hydrogens (primary N) is 1. The molecule has 2 heteroatoms. The molecule has 0 radical (unpaired) electrons. The summed E-state index contributed by atoms with van der Waals surface area (Å²) in [5.74, 6) is 0. The van der Waals surface area contributed by atoms with E-state index in [9.17, 15) is 0 Å². The van der Waals surface area contributed by atoms with Gasteiger partial charge in [-0.25, -0.2) is 0 Å². The number of fused-ring (bicyclic) bond motifs is 1. The van der Waals surface area contributed by atoms with E-state index in [1.165, 1.54) is 27.1 Å². The van der Waals surface area contributed by atoms with Gasteiger partial charge in [-0.1, -0.05) is 18.2 Å². The quantitative estimate of drug-likeness (QED) is 0.793. The van der Waals surface area contributed by atoms with Gasteiger partial charge in [-0.05, 0) is 53.5 Å². The molecule has 0 aliphatic heterocycles. The molecule has 0 saturated heterocycles. The van der Waals surface area contributed by atoms with Crippen LogP contribution in [0.5, 0.6) is 0 Å². The second-order valence-electron chi connectivity index (χ2n) is 4.45. The molecular weight excluding hydrogens is 214 g/mol. The second-order valence-corrected chi connectivity index (χ2v) is 5.57. The summed E-state index contributed by atoms with van der Waals surface area (Å²) >= 11 is 1.81. The lowest BCUT2D eigenvalue weighted by Crippen LogP contribution is -2.04. The number of rotatable bonds is 1. The molecule has 1 aromatic heterocycles. The number of benzene rings is 1. The Hall–Kier alpha value is -1.12. The van der Waals surface area contributed by atoms with Crippen molar-refractivity contribution in [2.45, 2.75) is 25.8 Å². The normalized spacial score (nSPS) is 18.8. The maximum Gasteiger partial charge on any atom is 0.0300 e. The van der Waals surface area contributed by atoms with Gasteiger partial charge in [0.1, 0.15) is 0 Å². The van der Waals surface area contributed by atoms with Crippen LogP contribution in [-0.2, 0) is 6.42 Å². The van der Waals surface area contributed by atoms with Crippen molar-refractivity contribution in [2.75, 3.05) is 0 Å². The van der Waals surface area contributed by atoms with E-state index in [1.807, 2.05) is 11.3 Å². The first-order chi connectivity index (χ1) is 7.75. The molecule has 0 spiro atoms. The molecule has 2 N–H and O–H groups in total. The molecule has 0 bridgehead atoms. The van der Waals surface area contributed by atoms with Crippen molar-refractivity contribution >= 4 is 11.3 Å². The smallest absolute Gasteiger partial charge is 0.0300 e. The van der Waals surface area contributed by atoms with Gasteiger partial charge >= 0.3 is 0 Å². The fourth-order valence-electron chi connectivity index (χ4n) is 2.50. The summed E-state index contributed by atoms with van der Waals surface area (Å²) in [5.41, 5.74) is 11.5. The van der Waals surface area contributed by atoms with Crippen molar-refractivity contribution in [1.29, 1.82) is 0 Å².